The van der Waals surface area contributed by atoms with Gasteiger partial charge in [-0.2, -0.15) is 0 Å². The van der Waals surface area contributed by atoms with Crippen molar-refractivity contribution in [1.29, 1.82) is 0 Å². The van der Waals surface area contributed by atoms with Crippen LogP contribution in [-0.4, -0.2) is 21.0 Å². The van der Waals surface area contributed by atoms with Crippen LogP contribution in [0.4, 0.5) is 0 Å². The molecule has 3 aromatic rings. The molecule has 100 valence electrons. The molecule has 0 spiro atoms. The number of H-pyrrole nitrogens is 1. The predicted molar refractivity (Wildman–Crippen MR) is 78.5 cm³/mol. The average Bonchev–Trinajstić information content (AvgIpc) is 2.83. The third-order valence-electron chi connectivity index (χ3n) is 2.92. The highest BCUT2D eigenvalue weighted by Gasteiger charge is 2.14. The molecule has 0 radical (unpaired) electrons. The van der Waals surface area contributed by atoms with Crippen LogP contribution in [0.2, 0.25) is 10.0 Å². The fourth-order valence-electron chi connectivity index (χ4n) is 1.98. The molecular formula is C14H8Cl2N2O2. The standard InChI is InChI=1S/C14H8Cl2N2O2/c15-9-4-2-1-3-8(9)13-17-11-6-7(14(19)20)5-10(16)12(11)18-13/h1-6H,(H,17,18)(H,19,20). The Morgan fingerprint density at radius 3 is 2.60 bits per heavy atom. The van der Waals surface area contributed by atoms with Crippen molar-refractivity contribution in [2.24, 2.45) is 0 Å². The quantitative estimate of drug-likeness (QED) is 0.744. The Morgan fingerprint density at radius 1 is 1.15 bits per heavy atom. The number of carboxylic acid groups (broad SMARTS) is 1. The minimum atomic E-state index is -1.04. The number of aromatic amines is 1. The number of benzene rings is 2. The van der Waals surface area contributed by atoms with E-state index in [-0.39, 0.29) is 10.6 Å². The number of aromatic carboxylic acids is 1. The summed E-state index contributed by atoms with van der Waals surface area (Å²) < 4.78 is 0. The number of halogens is 2. The van der Waals surface area contributed by atoms with Gasteiger partial charge in [0.1, 0.15) is 11.3 Å². The molecule has 2 aromatic carbocycles. The normalized spacial score (nSPS) is 10.9. The van der Waals surface area contributed by atoms with Gasteiger partial charge in [0.05, 0.1) is 21.1 Å². The Labute approximate surface area is 124 Å². The summed E-state index contributed by atoms with van der Waals surface area (Å²) in [6, 6.07) is 10.1. The van der Waals surface area contributed by atoms with Gasteiger partial charge in [-0.05, 0) is 24.3 Å². The van der Waals surface area contributed by atoms with Gasteiger partial charge in [-0.15, -0.1) is 0 Å². The lowest BCUT2D eigenvalue weighted by Gasteiger charge is -1.98. The van der Waals surface area contributed by atoms with Gasteiger partial charge >= 0.3 is 5.97 Å². The van der Waals surface area contributed by atoms with E-state index in [1.807, 2.05) is 18.2 Å². The minimum absolute atomic E-state index is 0.108. The van der Waals surface area contributed by atoms with Crippen LogP contribution in [0.15, 0.2) is 36.4 Å². The molecule has 0 aliphatic carbocycles. The first kappa shape index (κ1) is 13.0. The molecule has 0 atom stereocenters. The van der Waals surface area contributed by atoms with E-state index in [0.29, 0.717) is 21.9 Å². The van der Waals surface area contributed by atoms with Crippen LogP contribution in [0.5, 0.6) is 0 Å². The number of nitrogens with zero attached hydrogens (tertiary/aromatic N) is 1. The molecule has 1 aromatic heterocycles. The molecule has 0 unspecified atom stereocenters. The second-order valence-corrected chi connectivity index (χ2v) is 5.04. The van der Waals surface area contributed by atoms with Crippen molar-refractivity contribution >= 4 is 40.2 Å². The molecule has 0 aliphatic rings. The average molecular weight is 307 g/mol. The van der Waals surface area contributed by atoms with Crippen molar-refractivity contribution in [2.75, 3.05) is 0 Å². The Hall–Kier alpha value is -2.04. The van der Waals surface area contributed by atoms with Crippen molar-refractivity contribution < 1.29 is 9.90 Å². The van der Waals surface area contributed by atoms with Gasteiger partial charge in [0, 0.05) is 5.56 Å². The molecule has 20 heavy (non-hydrogen) atoms. The van der Waals surface area contributed by atoms with E-state index in [4.69, 9.17) is 28.3 Å². The SMILES string of the molecule is O=C(O)c1cc(Cl)c2nc(-c3ccccc3Cl)[nH]c2c1. The van der Waals surface area contributed by atoms with E-state index >= 15 is 0 Å². The van der Waals surface area contributed by atoms with Crippen molar-refractivity contribution in [3.8, 4) is 11.4 Å². The monoisotopic (exact) mass is 306 g/mol. The first-order valence-corrected chi connectivity index (χ1v) is 6.49. The molecule has 0 saturated heterocycles. The molecule has 0 amide bonds. The van der Waals surface area contributed by atoms with Crippen LogP contribution >= 0.6 is 23.2 Å². The highest BCUT2D eigenvalue weighted by Crippen LogP contribution is 2.30. The summed E-state index contributed by atoms with van der Waals surface area (Å²) in [6.45, 7) is 0. The highest BCUT2D eigenvalue weighted by molar-refractivity contribution is 6.35. The topological polar surface area (TPSA) is 66.0 Å². The van der Waals surface area contributed by atoms with Gasteiger partial charge in [-0.1, -0.05) is 35.3 Å². The zero-order chi connectivity index (χ0) is 14.3. The number of hydrogen-bond donors (Lipinski definition) is 2. The van der Waals surface area contributed by atoms with Crippen LogP contribution in [0.1, 0.15) is 10.4 Å². The third kappa shape index (κ3) is 2.13. The molecular weight excluding hydrogens is 299 g/mol. The number of nitrogens with one attached hydrogen (secondary N) is 1. The van der Waals surface area contributed by atoms with E-state index in [2.05, 4.69) is 9.97 Å². The van der Waals surface area contributed by atoms with Gasteiger partial charge in [0.2, 0.25) is 0 Å². The summed E-state index contributed by atoms with van der Waals surface area (Å²) in [7, 11) is 0. The zero-order valence-electron chi connectivity index (χ0n) is 10.0. The summed E-state index contributed by atoms with van der Waals surface area (Å²) in [5.41, 5.74) is 1.92. The summed E-state index contributed by atoms with van der Waals surface area (Å²) in [4.78, 5) is 18.4. The fraction of sp³-hybridized carbons (Fsp3) is 0. The van der Waals surface area contributed by atoms with Gasteiger partial charge in [0.15, 0.2) is 0 Å². The van der Waals surface area contributed by atoms with Crippen LogP contribution in [0.3, 0.4) is 0 Å². The number of carbonyl (C=O) groups is 1. The predicted octanol–water partition coefficient (Wildman–Crippen LogP) is 4.23. The van der Waals surface area contributed by atoms with E-state index in [1.165, 1.54) is 12.1 Å². The third-order valence-corrected chi connectivity index (χ3v) is 3.53. The van der Waals surface area contributed by atoms with E-state index < -0.39 is 5.97 Å². The smallest absolute Gasteiger partial charge is 0.335 e. The molecule has 0 fully saturated rings. The van der Waals surface area contributed by atoms with E-state index in [1.54, 1.807) is 6.07 Å². The second kappa shape index (κ2) is 4.81. The lowest BCUT2D eigenvalue weighted by Crippen LogP contribution is -1.95. The lowest BCUT2D eigenvalue weighted by atomic mass is 10.2. The molecule has 4 nitrogen and oxygen atoms in total. The van der Waals surface area contributed by atoms with Crippen LogP contribution in [-0.2, 0) is 0 Å². The maximum atomic E-state index is 11.0. The van der Waals surface area contributed by atoms with Crippen molar-refractivity contribution in [1.82, 2.24) is 9.97 Å². The van der Waals surface area contributed by atoms with Gasteiger partial charge < -0.3 is 10.1 Å². The molecule has 2 N–H and O–H groups in total. The van der Waals surface area contributed by atoms with E-state index in [0.717, 1.165) is 5.56 Å². The highest BCUT2D eigenvalue weighted by atomic mass is 35.5. The van der Waals surface area contributed by atoms with Crippen molar-refractivity contribution in [2.45, 2.75) is 0 Å². The number of fused-ring (bicyclic) bond motifs is 1. The maximum Gasteiger partial charge on any atom is 0.335 e. The number of hydrogen-bond acceptors (Lipinski definition) is 2. The van der Waals surface area contributed by atoms with Gasteiger partial charge in [-0.3, -0.25) is 0 Å². The minimum Gasteiger partial charge on any atom is -0.478 e. The summed E-state index contributed by atoms with van der Waals surface area (Å²) >= 11 is 12.2. The first-order chi connectivity index (χ1) is 9.56. The Balaban J connectivity index is 2.23. The summed E-state index contributed by atoms with van der Waals surface area (Å²) in [5, 5.41) is 9.87. The second-order valence-electron chi connectivity index (χ2n) is 4.22. The molecule has 0 saturated carbocycles. The number of imidazole rings is 1. The molecule has 3 rings (SSSR count). The Bertz CT molecular complexity index is 827. The van der Waals surface area contributed by atoms with Crippen molar-refractivity contribution in [3.63, 3.8) is 0 Å². The Morgan fingerprint density at radius 2 is 1.90 bits per heavy atom. The maximum absolute atomic E-state index is 11.0. The molecule has 0 bridgehead atoms. The lowest BCUT2D eigenvalue weighted by molar-refractivity contribution is 0.0697. The summed E-state index contributed by atoms with van der Waals surface area (Å²) in [5.74, 6) is -0.488. The van der Waals surface area contributed by atoms with Gasteiger partial charge in [-0.25, -0.2) is 9.78 Å². The van der Waals surface area contributed by atoms with Crippen LogP contribution < -0.4 is 0 Å². The molecule has 0 aliphatic heterocycles. The summed E-state index contributed by atoms with van der Waals surface area (Å²) in [6.07, 6.45) is 0. The molecule has 6 heteroatoms. The van der Waals surface area contributed by atoms with Crippen LogP contribution in [0, 0.1) is 0 Å². The number of rotatable bonds is 2. The number of aromatic nitrogens is 2. The number of carboxylic acids is 1. The first-order valence-electron chi connectivity index (χ1n) is 5.73. The zero-order valence-corrected chi connectivity index (χ0v) is 11.5. The van der Waals surface area contributed by atoms with Crippen LogP contribution in [0.25, 0.3) is 22.4 Å². The van der Waals surface area contributed by atoms with Crippen molar-refractivity contribution in [3.05, 3.63) is 52.0 Å². The Kier molecular flexibility index (Phi) is 3.12. The largest absolute Gasteiger partial charge is 0.478 e. The molecule has 1 heterocycles. The fourth-order valence-corrected chi connectivity index (χ4v) is 2.47. The van der Waals surface area contributed by atoms with Gasteiger partial charge in [0.25, 0.3) is 0 Å². The van der Waals surface area contributed by atoms with E-state index in [9.17, 15) is 4.79 Å².